The molecule has 0 saturated carbocycles. The first-order valence-corrected chi connectivity index (χ1v) is 4.26. The largest absolute Gasteiger partial charge is 0.506 e. The summed E-state index contributed by atoms with van der Waals surface area (Å²) in [7, 11) is 1.94. The number of aliphatic hydroxyl groups excluding tert-OH is 1. The van der Waals surface area contributed by atoms with E-state index >= 15 is 0 Å². The number of hydrogen-bond donors (Lipinski definition) is 1. The molecule has 0 radical (unpaired) electrons. The van der Waals surface area contributed by atoms with Gasteiger partial charge in [0.05, 0.1) is 5.70 Å². The van der Waals surface area contributed by atoms with Gasteiger partial charge < -0.3 is 10.0 Å². The monoisotopic (exact) mass is 177 g/mol. The molecular weight excluding hydrogens is 162 g/mol. The minimum absolute atomic E-state index is 0.266. The summed E-state index contributed by atoms with van der Waals surface area (Å²) in [6.45, 7) is 6.45. The quantitative estimate of drug-likeness (QED) is 0.614. The van der Waals surface area contributed by atoms with Crippen molar-refractivity contribution in [2.75, 3.05) is 13.6 Å². The lowest BCUT2D eigenvalue weighted by Crippen LogP contribution is -2.17. The van der Waals surface area contributed by atoms with E-state index in [2.05, 4.69) is 6.58 Å². The molecule has 1 rings (SSSR count). The smallest absolute Gasteiger partial charge is 0.140 e. The Labute approximate surface area is 79.2 Å². The first kappa shape index (κ1) is 9.65. The van der Waals surface area contributed by atoms with E-state index in [1.807, 2.05) is 37.1 Å². The molecule has 1 aliphatic rings. The molecule has 2 nitrogen and oxygen atoms in total. The lowest BCUT2D eigenvalue weighted by Gasteiger charge is -2.18. The van der Waals surface area contributed by atoms with Crippen LogP contribution in [0.1, 0.15) is 6.92 Å². The standard InChI is InChI=1S/C11H15NO/c1-9-7-5-4-6-8-12(3)10(2)11(9)13/h4-7,13H,1,8H2,2-3H3/b6-4-,7-5-,11-10+. The second-order valence-corrected chi connectivity index (χ2v) is 3.13. The first-order chi connectivity index (χ1) is 6.13. The Morgan fingerprint density at radius 3 is 2.85 bits per heavy atom. The van der Waals surface area contributed by atoms with Crippen LogP contribution in [0.2, 0.25) is 0 Å². The first-order valence-electron chi connectivity index (χ1n) is 4.26. The highest BCUT2D eigenvalue weighted by molar-refractivity contribution is 5.37. The summed E-state index contributed by atoms with van der Waals surface area (Å²) in [6.07, 6.45) is 7.67. The Morgan fingerprint density at radius 2 is 2.15 bits per heavy atom. The van der Waals surface area contributed by atoms with Gasteiger partial charge in [0.1, 0.15) is 5.76 Å². The van der Waals surface area contributed by atoms with Crippen LogP contribution in [0, 0.1) is 0 Å². The molecule has 0 fully saturated rings. The number of rotatable bonds is 0. The molecule has 1 aliphatic heterocycles. The average molecular weight is 177 g/mol. The highest BCUT2D eigenvalue weighted by atomic mass is 16.3. The van der Waals surface area contributed by atoms with Crippen molar-refractivity contribution in [3.8, 4) is 0 Å². The van der Waals surface area contributed by atoms with Crippen molar-refractivity contribution in [2.45, 2.75) is 6.92 Å². The molecule has 0 unspecified atom stereocenters. The summed E-state index contributed by atoms with van der Waals surface area (Å²) in [5.74, 6) is 0.266. The molecule has 70 valence electrons. The van der Waals surface area contributed by atoms with E-state index in [-0.39, 0.29) is 5.76 Å². The summed E-state index contributed by atoms with van der Waals surface area (Å²) < 4.78 is 0. The van der Waals surface area contributed by atoms with Crippen molar-refractivity contribution >= 4 is 0 Å². The number of hydrogen-bond acceptors (Lipinski definition) is 2. The van der Waals surface area contributed by atoms with Crippen molar-refractivity contribution in [2.24, 2.45) is 0 Å². The number of likely N-dealkylation sites (N-methyl/N-ethyl adjacent to an activating group) is 1. The van der Waals surface area contributed by atoms with E-state index in [4.69, 9.17) is 0 Å². The van der Waals surface area contributed by atoms with Crippen molar-refractivity contribution in [3.63, 3.8) is 0 Å². The van der Waals surface area contributed by atoms with Crippen LogP contribution in [0.15, 0.2) is 47.9 Å². The zero-order chi connectivity index (χ0) is 9.84. The van der Waals surface area contributed by atoms with E-state index in [0.29, 0.717) is 5.57 Å². The Morgan fingerprint density at radius 1 is 1.46 bits per heavy atom. The third kappa shape index (κ3) is 2.25. The summed E-state index contributed by atoms with van der Waals surface area (Å²) in [4.78, 5) is 1.98. The maximum absolute atomic E-state index is 9.71. The molecular formula is C11H15NO. The summed E-state index contributed by atoms with van der Waals surface area (Å²) in [5.41, 5.74) is 1.50. The molecule has 0 amide bonds. The van der Waals surface area contributed by atoms with Gasteiger partial charge in [0.15, 0.2) is 0 Å². The van der Waals surface area contributed by atoms with Crippen molar-refractivity contribution in [3.05, 3.63) is 47.9 Å². The topological polar surface area (TPSA) is 23.5 Å². The van der Waals surface area contributed by atoms with Crippen LogP contribution in [0.25, 0.3) is 0 Å². The van der Waals surface area contributed by atoms with Crippen LogP contribution in [-0.4, -0.2) is 23.6 Å². The predicted molar refractivity (Wildman–Crippen MR) is 55.4 cm³/mol. The number of aliphatic hydroxyl groups is 1. The molecule has 0 bridgehead atoms. The second-order valence-electron chi connectivity index (χ2n) is 3.13. The number of nitrogens with zero attached hydrogens (tertiary/aromatic N) is 1. The van der Waals surface area contributed by atoms with E-state index < -0.39 is 0 Å². The van der Waals surface area contributed by atoms with Crippen LogP contribution in [-0.2, 0) is 0 Å². The highest BCUT2D eigenvalue weighted by Gasteiger charge is 2.06. The molecule has 1 heterocycles. The zero-order valence-electron chi connectivity index (χ0n) is 8.12. The van der Waals surface area contributed by atoms with Gasteiger partial charge in [-0.1, -0.05) is 30.9 Å². The zero-order valence-corrected chi connectivity index (χ0v) is 8.12. The lowest BCUT2D eigenvalue weighted by atomic mass is 10.2. The van der Waals surface area contributed by atoms with Crippen molar-refractivity contribution < 1.29 is 5.11 Å². The van der Waals surface area contributed by atoms with Gasteiger partial charge in [-0.25, -0.2) is 0 Å². The Balaban J connectivity index is 3.04. The van der Waals surface area contributed by atoms with E-state index in [1.54, 1.807) is 6.08 Å². The van der Waals surface area contributed by atoms with Crippen LogP contribution < -0.4 is 0 Å². The molecule has 0 aliphatic carbocycles. The third-order valence-electron chi connectivity index (χ3n) is 2.14. The van der Waals surface area contributed by atoms with Gasteiger partial charge in [-0.2, -0.15) is 0 Å². The molecule has 0 atom stereocenters. The Hall–Kier alpha value is -1.44. The molecule has 13 heavy (non-hydrogen) atoms. The van der Waals surface area contributed by atoms with Gasteiger partial charge in [0.2, 0.25) is 0 Å². The summed E-state index contributed by atoms with van der Waals surface area (Å²) in [6, 6.07) is 0. The number of allylic oxidation sites excluding steroid dienone is 4. The minimum Gasteiger partial charge on any atom is -0.506 e. The maximum Gasteiger partial charge on any atom is 0.140 e. The van der Waals surface area contributed by atoms with E-state index in [0.717, 1.165) is 12.2 Å². The molecule has 0 aromatic rings. The Kier molecular flexibility index (Phi) is 2.96. The SMILES string of the molecule is C=C1/C=C\C=C/CN(C)/C(C)=C\1O. The molecule has 0 spiro atoms. The highest BCUT2D eigenvalue weighted by Crippen LogP contribution is 2.15. The molecule has 0 aromatic carbocycles. The third-order valence-corrected chi connectivity index (χ3v) is 2.14. The maximum atomic E-state index is 9.71. The van der Waals surface area contributed by atoms with Gasteiger partial charge in [-0.05, 0) is 6.92 Å². The predicted octanol–water partition coefficient (Wildman–Crippen LogP) is 2.39. The van der Waals surface area contributed by atoms with Gasteiger partial charge in [-0.15, -0.1) is 0 Å². The van der Waals surface area contributed by atoms with Crippen LogP contribution in [0.4, 0.5) is 0 Å². The fraction of sp³-hybridized carbons (Fsp3) is 0.273. The fourth-order valence-corrected chi connectivity index (χ4v) is 1.10. The lowest BCUT2D eigenvalue weighted by molar-refractivity contribution is 0.371. The van der Waals surface area contributed by atoms with E-state index in [1.165, 1.54) is 0 Å². The van der Waals surface area contributed by atoms with E-state index in [9.17, 15) is 5.11 Å². The summed E-state index contributed by atoms with van der Waals surface area (Å²) >= 11 is 0. The second kappa shape index (κ2) is 3.99. The van der Waals surface area contributed by atoms with Crippen LogP contribution in [0.3, 0.4) is 0 Å². The average Bonchev–Trinajstić information content (AvgIpc) is 2.16. The summed E-state index contributed by atoms with van der Waals surface area (Å²) in [5, 5.41) is 9.71. The minimum atomic E-state index is 0.266. The molecule has 0 saturated heterocycles. The molecule has 2 heteroatoms. The van der Waals surface area contributed by atoms with Crippen molar-refractivity contribution in [1.82, 2.24) is 4.90 Å². The fourth-order valence-electron chi connectivity index (χ4n) is 1.10. The molecule has 0 aromatic heterocycles. The van der Waals surface area contributed by atoms with Crippen molar-refractivity contribution in [1.29, 1.82) is 0 Å². The van der Waals surface area contributed by atoms with Gasteiger partial charge in [0.25, 0.3) is 0 Å². The normalized spacial score (nSPS) is 29.1. The molecule has 1 N–H and O–H groups in total. The van der Waals surface area contributed by atoms with Crippen LogP contribution in [0.5, 0.6) is 0 Å². The van der Waals surface area contributed by atoms with Gasteiger partial charge in [0, 0.05) is 19.2 Å². The van der Waals surface area contributed by atoms with Crippen LogP contribution >= 0.6 is 0 Å². The van der Waals surface area contributed by atoms with Gasteiger partial charge in [-0.3, -0.25) is 0 Å². The Bertz CT molecular complexity index is 297. The van der Waals surface area contributed by atoms with Gasteiger partial charge >= 0.3 is 0 Å².